The summed E-state index contributed by atoms with van der Waals surface area (Å²) >= 11 is 9.96. The average Bonchev–Trinajstić information content (AvgIpc) is 3.03. The minimum atomic E-state index is -4.18. The standard InChI is InChI=1S/C35H37BrClN3O4S/c1-4-26(3)38-35(42)33(22-27-10-6-5-7-11-27)39(23-28-12-8-9-13-32(28)37)34(41)24-40(30-18-16-29(36)17-19-30)45(43,44)31-20-14-25(2)15-21-31/h5-21,26,33H,4,22-24H2,1-3H3,(H,38,42)/t26-,33-/m0/s1. The van der Waals surface area contributed by atoms with Crippen molar-refractivity contribution in [3.05, 3.63) is 129 Å². The number of amides is 2. The molecular weight excluding hydrogens is 674 g/mol. The molecule has 4 aromatic rings. The lowest BCUT2D eigenvalue weighted by Gasteiger charge is -2.34. The molecule has 45 heavy (non-hydrogen) atoms. The van der Waals surface area contributed by atoms with Crippen LogP contribution in [0.15, 0.2) is 112 Å². The SMILES string of the molecule is CC[C@H](C)NC(=O)[C@H](Cc1ccccc1)N(Cc1ccccc1Cl)C(=O)CN(c1ccc(Br)cc1)S(=O)(=O)c1ccc(C)cc1. The van der Waals surface area contributed by atoms with E-state index >= 15 is 0 Å². The number of anilines is 1. The van der Waals surface area contributed by atoms with Crippen LogP contribution in [-0.4, -0.2) is 43.8 Å². The van der Waals surface area contributed by atoms with Gasteiger partial charge in [0.05, 0.1) is 10.6 Å². The molecule has 0 aromatic heterocycles. The Morgan fingerprint density at radius 2 is 1.51 bits per heavy atom. The minimum absolute atomic E-state index is 0.00267. The molecule has 0 spiro atoms. The van der Waals surface area contributed by atoms with Crippen LogP contribution in [0.2, 0.25) is 5.02 Å². The summed E-state index contributed by atoms with van der Waals surface area (Å²) in [5.74, 6) is -0.876. The van der Waals surface area contributed by atoms with Crippen molar-refractivity contribution in [3.63, 3.8) is 0 Å². The average molecular weight is 711 g/mol. The lowest BCUT2D eigenvalue weighted by atomic mass is 10.0. The maximum atomic E-state index is 14.5. The lowest BCUT2D eigenvalue weighted by Crippen LogP contribution is -2.54. The number of aryl methyl sites for hydroxylation is 1. The predicted molar refractivity (Wildman–Crippen MR) is 184 cm³/mol. The van der Waals surface area contributed by atoms with Gasteiger partial charge in [0.25, 0.3) is 10.0 Å². The Balaban J connectivity index is 1.81. The smallest absolute Gasteiger partial charge is 0.264 e. The van der Waals surface area contributed by atoms with Crippen LogP contribution in [0.25, 0.3) is 0 Å². The van der Waals surface area contributed by atoms with Gasteiger partial charge in [0.1, 0.15) is 12.6 Å². The Labute approximate surface area is 279 Å². The van der Waals surface area contributed by atoms with Gasteiger partial charge in [-0.25, -0.2) is 8.42 Å². The van der Waals surface area contributed by atoms with Crippen molar-refractivity contribution in [1.29, 1.82) is 0 Å². The van der Waals surface area contributed by atoms with Gasteiger partial charge >= 0.3 is 0 Å². The van der Waals surface area contributed by atoms with Crippen molar-refractivity contribution in [2.75, 3.05) is 10.8 Å². The summed E-state index contributed by atoms with van der Waals surface area (Å²) in [6, 6.07) is 28.7. The number of benzene rings is 4. The van der Waals surface area contributed by atoms with E-state index in [-0.39, 0.29) is 29.8 Å². The molecule has 4 aromatic carbocycles. The van der Waals surface area contributed by atoms with Crippen molar-refractivity contribution in [1.82, 2.24) is 10.2 Å². The quantitative estimate of drug-likeness (QED) is 0.160. The van der Waals surface area contributed by atoms with Gasteiger partial charge in [0.2, 0.25) is 11.8 Å². The van der Waals surface area contributed by atoms with Crippen molar-refractivity contribution in [3.8, 4) is 0 Å². The number of nitrogens with zero attached hydrogens (tertiary/aromatic N) is 2. The predicted octanol–water partition coefficient (Wildman–Crippen LogP) is 7.16. The molecule has 0 fully saturated rings. The fourth-order valence-electron chi connectivity index (χ4n) is 4.78. The second-order valence-corrected chi connectivity index (χ2v) is 14.1. The van der Waals surface area contributed by atoms with Crippen LogP contribution in [0.5, 0.6) is 0 Å². The number of carbonyl (C=O) groups excluding carboxylic acids is 2. The molecule has 236 valence electrons. The molecule has 0 radical (unpaired) electrons. The van der Waals surface area contributed by atoms with E-state index in [0.717, 1.165) is 19.9 Å². The third-order valence-corrected chi connectivity index (χ3v) is 10.3. The molecular formula is C35H37BrClN3O4S. The molecule has 0 bridgehead atoms. The first-order valence-corrected chi connectivity index (χ1v) is 17.3. The molecule has 0 aliphatic carbocycles. The molecule has 1 N–H and O–H groups in total. The number of sulfonamides is 1. The van der Waals surface area contributed by atoms with Gasteiger partial charge in [-0.05, 0) is 73.9 Å². The van der Waals surface area contributed by atoms with Gasteiger partial charge in [-0.3, -0.25) is 13.9 Å². The molecule has 0 saturated carbocycles. The molecule has 7 nitrogen and oxygen atoms in total. The van der Waals surface area contributed by atoms with E-state index in [2.05, 4.69) is 21.2 Å². The maximum Gasteiger partial charge on any atom is 0.264 e. The Bertz CT molecular complexity index is 1700. The van der Waals surface area contributed by atoms with E-state index in [1.807, 2.05) is 57.2 Å². The molecule has 0 heterocycles. The van der Waals surface area contributed by atoms with Gasteiger partial charge in [0.15, 0.2) is 0 Å². The highest BCUT2D eigenvalue weighted by molar-refractivity contribution is 9.10. The number of nitrogens with one attached hydrogen (secondary N) is 1. The van der Waals surface area contributed by atoms with Crippen LogP contribution in [0, 0.1) is 6.92 Å². The van der Waals surface area contributed by atoms with Crippen LogP contribution < -0.4 is 9.62 Å². The lowest BCUT2D eigenvalue weighted by molar-refractivity contribution is -0.140. The molecule has 4 rings (SSSR count). The third kappa shape index (κ3) is 8.96. The van der Waals surface area contributed by atoms with Crippen LogP contribution >= 0.6 is 27.5 Å². The van der Waals surface area contributed by atoms with Gasteiger partial charge in [-0.15, -0.1) is 0 Å². The number of hydrogen-bond acceptors (Lipinski definition) is 4. The molecule has 0 unspecified atom stereocenters. The van der Waals surface area contributed by atoms with Gasteiger partial charge in [-0.2, -0.15) is 0 Å². The normalized spacial score (nSPS) is 12.6. The van der Waals surface area contributed by atoms with Gasteiger partial charge in [-0.1, -0.05) is 101 Å². The summed E-state index contributed by atoms with van der Waals surface area (Å²) in [5.41, 5.74) is 2.71. The Morgan fingerprint density at radius 1 is 0.889 bits per heavy atom. The highest BCUT2D eigenvalue weighted by Crippen LogP contribution is 2.27. The zero-order valence-corrected chi connectivity index (χ0v) is 28.6. The van der Waals surface area contributed by atoms with Crippen molar-refractivity contribution >= 4 is 55.1 Å². The molecule has 2 atom stereocenters. The second kappa shape index (κ2) is 15.6. The van der Waals surface area contributed by atoms with Gasteiger partial charge in [0, 0.05) is 28.5 Å². The van der Waals surface area contributed by atoms with Crippen LogP contribution in [0.4, 0.5) is 5.69 Å². The minimum Gasteiger partial charge on any atom is -0.352 e. The summed E-state index contributed by atoms with van der Waals surface area (Å²) in [6.45, 7) is 5.21. The Hall–Kier alpha value is -3.66. The molecule has 2 amide bonds. The van der Waals surface area contributed by atoms with E-state index in [4.69, 9.17) is 11.6 Å². The molecule has 0 aliphatic rings. The summed E-state index contributed by atoms with van der Waals surface area (Å²) in [7, 11) is -4.18. The summed E-state index contributed by atoms with van der Waals surface area (Å²) in [5, 5.41) is 3.47. The van der Waals surface area contributed by atoms with Gasteiger partial charge < -0.3 is 10.2 Å². The van der Waals surface area contributed by atoms with E-state index in [9.17, 15) is 18.0 Å². The largest absolute Gasteiger partial charge is 0.352 e. The van der Waals surface area contributed by atoms with Crippen molar-refractivity contribution in [2.45, 2.75) is 57.1 Å². The summed E-state index contributed by atoms with van der Waals surface area (Å²) in [4.78, 5) is 29.9. The molecule has 0 saturated heterocycles. The summed E-state index contributed by atoms with van der Waals surface area (Å²) in [6.07, 6.45) is 0.927. The molecule has 10 heteroatoms. The fourth-order valence-corrected chi connectivity index (χ4v) is 6.65. The van der Waals surface area contributed by atoms with E-state index in [1.54, 1.807) is 54.6 Å². The Morgan fingerprint density at radius 3 is 2.13 bits per heavy atom. The van der Waals surface area contributed by atoms with Crippen LogP contribution in [0.1, 0.15) is 37.0 Å². The number of carbonyl (C=O) groups is 2. The highest BCUT2D eigenvalue weighted by Gasteiger charge is 2.35. The number of halogens is 2. The highest BCUT2D eigenvalue weighted by atomic mass is 79.9. The van der Waals surface area contributed by atoms with Crippen molar-refractivity contribution < 1.29 is 18.0 Å². The first kappa shape index (κ1) is 34.2. The topological polar surface area (TPSA) is 86.8 Å². The zero-order chi connectivity index (χ0) is 32.6. The summed E-state index contributed by atoms with van der Waals surface area (Å²) < 4.78 is 30.1. The number of hydrogen-bond donors (Lipinski definition) is 1. The Kier molecular flexibility index (Phi) is 11.8. The van der Waals surface area contributed by atoms with E-state index in [1.165, 1.54) is 17.0 Å². The van der Waals surface area contributed by atoms with Crippen LogP contribution in [0.3, 0.4) is 0 Å². The zero-order valence-electron chi connectivity index (χ0n) is 25.5. The fraction of sp³-hybridized carbons (Fsp3) is 0.257. The third-order valence-electron chi connectivity index (χ3n) is 7.57. The van der Waals surface area contributed by atoms with E-state index < -0.39 is 28.5 Å². The number of rotatable bonds is 13. The van der Waals surface area contributed by atoms with Crippen LogP contribution in [-0.2, 0) is 32.6 Å². The van der Waals surface area contributed by atoms with Crippen molar-refractivity contribution in [2.24, 2.45) is 0 Å². The second-order valence-electron chi connectivity index (χ2n) is 10.9. The van der Waals surface area contributed by atoms with E-state index in [0.29, 0.717) is 22.7 Å². The molecule has 0 aliphatic heterocycles. The first-order chi connectivity index (χ1) is 21.5. The maximum absolute atomic E-state index is 14.5. The first-order valence-electron chi connectivity index (χ1n) is 14.7. The monoisotopic (exact) mass is 709 g/mol.